The summed E-state index contributed by atoms with van der Waals surface area (Å²) >= 11 is 9.42. The number of unbranched alkanes of at least 4 members (excludes halogenated alkanes) is 1. The van der Waals surface area contributed by atoms with Gasteiger partial charge < -0.3 is 0 Å². The molecular weight excluding hydrogens is 392 g/mol. The average molecular weight is 415 g/mol. The first-order chi connectivity index (χ1) is 13.2. The van der Waals surface area contributed by atoms with Crippen molar-refractivity contribution >= 4 is 34.9 Å². The number of hydrogen-bond acceptors (Lipinski definition) is 4. The average Bonchev–Trinajstić information content (AvgIpc) is 3.23. The Hall–Kier alpha value is -1.33. The topological polar surface area (TPSA) is 16.1 Å². The maximum absolute atomic E-state index is 5.76. The summed E-state index contributed by atoms with van der Waals surface area (Å²) in [5.74, 6) is 0.752. The molecule has 1 aliphatic rings. The van der Waals surface area contributed by atoms with E-state index in [9.17, 15) is 0 Å². The number of halogens is 1. The number of aryl methyl sites for hydroxylation is 2. The number of hydrogen-bond donors (Lipinski definition) is 0. The van der Waals surface area contributed by atoms with Crippen molar-refractivity contribution in [1.82, 2.24) is 9.29 Å². The van der Waals surface area contributed by atoms with Gasteiger partial charge in [-0.05, 0) is 55.8 Å². The molecule has 2 nitrogen and oxygen atoms in total. The maximum atomic E-state index is 5.76. The summed E-state index contributed by atoms with van der Waals surface area (Å²) in [7, 11) is 0. The first-order valence-electron chi connectivity index (χ1n) is 9.35. The van der Waals surface area contributed by atoms with Crippen molar-refractivity contribution in [3.63, 3.8) is 0 Å². The number of alkyl halides is 1. The van der Waals surface area contributed by atoms with Gasteiger partial charge in [0.1, 0.15) is 5.01 Å². The first-order valence-corrected chi connectivity index (χ1v) is 11.5. The van der Waals surface area contributed by atoms with Crippen LogP contribution in [0.1, 0.15) is 34.5 Å². The molecule has 0 amide bonds. The third-order valence-electron chi connectivity index (χ3n) is 4.73. The van der Waals surface area contributed by atoms with Gasteiger partial charge in [-0.3, -0.25) is 0 Å². The molecule has 5 heteroatoms. The molecule has 4 rings (SSSR count). The highest BCUT2D eigenvalue weighted by molar-refractivity contribution is 7.97. The molecule has 0 spiro atoms. The molecule has 0 saturated carbocycles. The number of thiazole rings is 1. The zero-order chi connectivity index (χ0) is 18.6. The van der Waals surface area contributed by atoms with Crippen LogP contribution in [0.25, 0.3) is 10.6 Å². The lowest BCUT2D eigenvalue weighted by Crippen LogP contribution is -2.06. The minimum absolute atomic E-state index is 0.752. The highest BCUT2D eigenvalue weighted by atomic mass is 35.5. The van der Waals surface area contributed by atoms with E-state index in [1.54, 1.807) is 0 Å². The SMILES string of the molecule is Cc1ccc(SN2Cc3nc(-c4ccc(CCCCCl)cc4)sc3C2)cc1. The molecule has 0 saturated heterocycles. The summed E-state index contributed by atoms with van der Waals surface area (Å²) in [6.45, 7) is 4.02. The minimum Gasteiger partial charge on any atom is -0.239 e. The molecule has 2 aromatic carbocycles. The second kappa shape index (κ2) is 8.78. The molecule has 3 aromatic rings. The summed E-state index contributed by atoms with van der Waals surface area (Å²) in [6.07, 6.45) is 3.34. The predicted molar refractivity (Wildman–Crippen MR) is 117 cm³/mol. The fourth-order valence-corrected chi connectivity index (χ4v) is 5.49. The van der Waals surface area contributed by atoms with Gasteiger partial charge in [-0.15, -0.1) is 22.9 Å². The molecule has 27 heavy (non-hydrogen) atoms. The van der Waals surface area contributed by atoms with Gasteiger partial charge in [-0.2, -0.15) is 0 Å². The van der Waals surface area contributed by atoms with Crippen molar-refractivity contribution in [2.24, 2.45) is 0 Å². The Balaban J connectivity index is 1.38. The van der Waals surface area contributed by atoms with Gasteiger partial charge in [0.2, 0.25) is 0 Å². The van der Waals surface area contributed by atoms with Gasteiger partial charge in [0.25, 0.3) is 0 Å². The van der Waals surface area contributed by atoms with Crippen LogP contribution in [0.4, 0.5) is 0 Å². The van der Waals surface area contributed by atoms with Gasteiger partial charge in [-0.25, -0.2) is 9.29 Å². The molecule has 0 fully saturated rings. The van der Waals surface area contributed by atoms with Crippen molar-refractivity contribution in [3.05, 3.63) is 70.2 Å². The van der Waals surface area contributed by atoms with Gasteiger partial charge in [-0.1, -0.05) is 42.0 Å². The Morgan fingerprint density at radius 3 is 2.52 bits per heavy atom. The Bertz CT molecular complexity index is 864. The third-order valence-corrected chi connectivity index (χ3v) is 7.13. The van der Waals surface area contributed by atoms with Gasteiger partial charge in [0.05, 0.1) is 12.2 Å². The largest absolute Gasteiger partial charge is 0.239 e. The van der Waals surface area contributed by atoms with Crippen molar-refractivity contribution in [2.75, 3.05) is 5.88 Å². The molecule has 1 aromatic heterocycles. The van der Waals surface area contributed by atoms with Crippen molar-refractivity contribution in [2.45, 2.75) is 44.2 Å². The lowest BCUT2D eigenvalue weighted by Gasteiger charge is -2.13. The van der Waals surface area contributed by atoms with Crippen LogP contribution in [0.2, 0.25) is 0 Å². The van der Waals surface area contributed by atoms with Crippen molar-refractivity contribution < 1.29 is 0 Å². The molecular formula is C22H23ClN2S2. The fourth-order valence-electron chi connectivity index (χ4n) is 3.19. The Labute approximate surface area is 174 Å². The molecule has 0 bridgehead atoms. The third kappa shape index (κ3) is 4.75. The predicted octanol–water partition coefficient (Wildman–Crippen LogP) is 6.70. The molecule has 0 N–H and O–H groups in total. The van der Waals surface area contributed by atoms with Gasteiger partial charge in [0.15, 0.2) is 0 Å². The van der Waals surface area contributed by atoms with Crippen LogP contribution < -0.4 is 0 Å². The van der Waals surface area contributed by atoms with Crippen molar-refractivity contribution in [3.8, 4) is 10.6 Å². The van der Waals surface area contributed by atoms with Crippen LogP contribution in [0.3, 0.4) is 0 Å². The van der Waals surface area contributed by atoms with Gasteiger partial charge >= 0.3 is 0 Å². The van der Waals surface area contributed by atoms with Crippen LogP contribution in [0.5, 0.6) is 0 Å². The number of aromatic nitrogens is 1. The van der Waals surface area contributed by atoms with E-state index in [2.05, 4.69) is 59.8 Å². The lowest BCUT2D eigenvalue weighted by atomic mass is 10.1. The number of fused-ring (bicyclic) bond motifs is 1. The van der Waals surface area contributed by atoms with Crippen LogP contribution in [-0.2, 0) is 19.5 Å². The van der Waals surface area contributed by atoms with E-state index in [4.69, 9.17) is 16.6 Å². The van der Waals surface area contributed by atoms with Crippen LogP contribution in [-0.4, -0.2) is 15.2 Å². The Morgan fingerprint density at radius 2 is 1.81 bits per heavy atom. The lowest BCUT2D eigenvalue weighted by molar-refractivity contribution is 0.506. The zero-order valence-corrected chi connectivity index (χ0v) is 17.8. The smallest absolute Gasteiger partial charge is 0.123 e. The van der Waals surface area contributed by atoms with Crippen LogP contribution >= 0.6 is 34.9 Å². The summed E-state index contributed by atoms with van der Waals surface area (Å²) in [6, 6.07) is 17.6. The molecule has 0 unspecified atom stereocenters. The number of nitrogens with zero attached hydrogens (tertiary/aromatic N) is 2. The second-order valence-corrected chi connectivity index (χ2v) is 9.57. The Morgan fingerprint density at radius 1 is 1.04 bits per heavy atom. The fraction of sp³-hybridized carbons (Fsp3) is 0.318. The van der Waals surface area contributed by atoms with Gasteiger partial charge in [0, 0.05) is 27.8 Å². The maximum Gasteiger partial charge on any atom is 0.123 e. The molecule has 0 atom stereocenters. The van der Waals surface area contributed by atoms with Crippen LogP contribution in [0, 0.1) is 6.92 Å². The highest BCUT2D eigenvalue weighted by Gasteiger charge is 2.24. The Kier molecular flexibility index (Phi) is 6.18. The highest BCUT2D eigenvalue weighted by Crippen LogP contribution is 2.38. The molecule has 1 aliphatic heterocycles. The van der Waals surface area contributed by atoms with E-state index in [1.165, 1.54) is 32.2 Å². The number of rotatable bonds is 7. The quantitative estimate of drug-likeness (QED) is 0.243. The monoisotopic (exact) mass is 414 g/mol. The summed E-state index contributed by atoms with van der Waals surface area (Å²) in [5, 5.41) is 1.15. The van der Waals surface area contributed by atoms with E-state index < -0.39 is 0 Å². The summed E-state index contributed by atoms with van der Waals surface area (Å²) < 4.78 is 2.39. The normalized spacial score (nSPS) is 13.9. The second-order valence-electron chi connectivity index (χ2n) is 6.93. The molecule has 0 radical (unpaired) electrons. The minimum atomic E-state index is 0.752. The van der Waals surface area contributed by atoms with E-state index in [0.29, 0.717) is 0 Å². The number of benzene rings is 2. The summed E-state index contributed by atoms with van der Waals surface area (Å²) in [5.41, 5.74) is 5.15. The first kappa shape index (κ1) is 19.0. The van der Waals surface area contributed by atoms with E-state index in [0.717, 1.165) is 43.2 Å². The molecule has 140 valence electrons. The zero-order valence-electron chi connectivity index (χ0n) is 15.5. The van der Waals surface area contributed by atoms with E-state index >= 15 is 0 Å². The van der Waals surface area contributed by atoms with E-state index in [1.807, 2.05) is 23.3 Å². The van der Waals surface area contributed by atoms with Crippen LogP contribution in [0.15, 0.2) is 53.4 Å². The van der Waals surface area contributed by atoms with E-state index in [-0.39, 0.29) is 0 Å². The molecule has 0 aliphatic carbocycles. The van der Waals surface area contributed by atoms with Crippen molar-refractivity contribution in [1.29, 1.82) is 0 Å². The standard InChI is InChI=1S/C22H23ClN2S2/c1-16-5-11-19(12-6-16)27-25-14-20-21(15-25)26-22(24-20)18-9-7-17(8-10-18)4-2-3-13-23/h5-12H,2-4,13-15H2,1H3. The summed E-state index contributed by atoms with van der Waals surface area (Å²) in [4.78, 5) is 7.61. The molecule has 2 heterocycles.